The Morgan fingerprint density at radius 3 is 2.58 bits per heavy atom. The van der Waals surface area contributed by atoms with E-state index in [1.807, 2.05) is 24.3 Å². The van der Waals surface area contributed by atoms with Crippen LogP contribution in [0.5, 0.6) is 0 Å². The van der Waals surface area contributed by atoms with Crippen LogP contribution in [0.25, 0.3) is 11.1 Å². The van der Waals surface area contributed by atoms with Gasteiger partial charge in [-0.05, 0) is 43.2 Å². The third-order valence-electron chi connectivity index (χ3n) is 5.99. The second-order valence-electron chi connectivity index (χ2n) is 7.88. The smallest absolute Gasteiger partial charge is 0.261 e. The van der Waals surface area contributed by atoms with Crippen molar-refractivity contribution in [2.75, 3.05) is 19.6 Å². The predicted molar refractivity (Wildman–Crippen MR) is 117 cm³/mol. The van der Waals surface area contributed by atoms with Gasteiger partial charge < -0.3 is 9.32 Å². The molecule has 3 amide bonds. The molecule has 3 heterocycles. The molecule has 8 heteroatoms. The number of benzene rings is 2. The summed E-state index contributed by atoms with van der Waals surface area (Å²) in [6, 6.07) is 12.7. The zero-order valence-electron chi connectivity index (χ0n) is 16.7. The van der Waals surface area contributed by atoms with E-state index in [4.69, 9.17) is 4.42 Å². The Labute approximate surface area is 187 Å². The highest BCUT2D eigenvalue weighted by Crippen LogP contribution is 2.30. The standard InChI is InChI=1S/C23H20BrN3O4/c24-15-5-6-16-17(13-15)23(30)27(22(16)29)12-9-20(28)26-10-7-14(8-11-26)21-25-18-3-1-2-4-19(18)31-21/h1-6,13-14H,7-12H2. The van der Waals surface area contributed by atoms with Crippen molar-refractivity contribution in [3.8, 4) is 0 Å². The van der Waals surface area contributed by atoms with E-state index in [0.717, 1.165) is 34.3 Å². The van der Waals surface area contributed by atoms with Crippen molar-refractivity contribution in [2.24, 2.45) is 0 Å². The van der Waals surface area contributed by atoms with Gasteiger partial charge in [0.15, 0.2) is 11.5 Å². The average Bonchev–Trinajstić information content (AvgIpc) is 3.32. The highest BCUT2D eigenvalue weighted by molar-refractivity contribution is 9.10. The minimum Gasteiger partial charge on any atom is -0.440 e. The molecule has 0 N–H and O–H groups in total. The number of rotatable bonds is 4. The Kier molecular flexibility index (Phi) is 5.09. The number of aromatic nitrogens is 1. The number of piperidine rings is 1. The second kappa shape index (κ2) is 7.92. The number of carbonyl (C=O) groups excluding carboxylic acids is 3. The molecular formula is C23H20BrN3O4. The van der Waals surface area contributed by atoms with Gasteiger partial charge >= 0.3 is 0 Å². The maximum Gasteiger partial charge on any atom is 0.261 e. The minimum absolute atomic E-state index is 0.0475. The highest BCUT2D eigenvalue weighted by Gasteiger charge is 2.36. The molecule has 1 saturated heterocycles. The first-order valence-electron chi connectivity index (χ1n) is 10.3. The van der Waals surface area contributed by atoms with E-state index in [1.165, 1.54) is 4.90 Å². The zero-order valence-corrected chi connectivity index (χ0v) is 18.3. The van der Waals surface area contributed by atoms with E-state index in [9.17, 15) is 14.4 Å². The predicted octanol–water partition coefficient (Wildman–Crippen LogP) is 3.98. The third kappa shape index (κ3) is 3.65. The second-order valence-corrected chi connectivity index (χ2v) is 8.79. The molecule has 0 radical (unpaired) electrons. The van der Waals surface area contributed by atoms with Crippen molar-refractivity contribution in [1.29, 1.82) is 0 Å². The van der Waals surface area contributed by atoms with Gasteiger partial charge in [-0.25, -0.2) is 4.98 Å². The van der Waals surface area contributed by atoms with Crippen LogP contribution in [0.1, 0.15) is 51.8 Å². The van der Waals surface area contributed by atoms with Crippen molar-refractivity contribution in [1.82, 2.24) is 14.8 Å². The first-order valence-corrected chi connectivity index (χ1v) is 11.1. The molecule has 0 bridgehead atoms. The van der Waals surface area contributed by atoms with Crippen molar-refractivity contribution in [3.63, 3.8) is 0 Å². The summed E-state index contributed by atoms with van der Waals surface area (Å²) in [5.74, 6) is 0.184. The van der Waals surface area contributed by atoms with E-state index in [0.29, 0.717) is 24.2 Å². The van der Waals surface area contributed by atoms with Crippen LogP contribution in [-0.2, 0) is 4.79 Å². The Balaban J connectivity index is 1.17. The molecule has 158 valence electrons. The number of nitrogens with zero attached hydrogens (tertiary/aromatic N) is 3. The van der Waals surface area contributed by atoms with Gasteiger partial charge in [-0.1, -0.05) is 28.1 Å². The van der Waals surface area contributed by atoms with Crippen LogP contribution in [0.2, 0.25) is 0 Å². The molecule has 2 aliphatic heterocycles. The summed E-state index contributed by atoms with van der Waals surface area (Å²) in [5, 5.41) is 0. The Hall–Kier alpha value is -3.00. The lowest BCUT2D eigenvalue weighted by atomic mass is 9.96. The van der Waals surface area contributed by atoms with Gasteiger partial charge in [0.25, 0.3) is 11.8 Å². The topological polar surface area (TPSA) is 83.7 Å². The molecule has 1 fully saturated rings. The van der Waals surface area contributed by atoms with Crippen molar-refractivity contribution >= 4 is 44.8 Å². The number of hydrogen-bond donors (Lipinski definition) is 0. The first kappa shape index (κ1) is 19.9. The number of oxazole rings is 1. The fourth-order valence-electron chi connectivity index (χ4n) is 4.27. The number of carbonyl (C=O) groups is 3. The van der Waals surface area contributed by atoms with Gasteiger partial charge in [-0.15, -0.1) is 0 Å². The van der Waals surface area contributed by atoms with E-state index in [2.05, 4.69) is 20.9 Å². The lowest BCUT2D eigenvalue weighted by Crippen LogP contribution is -2.40. The van der Waals surface area contributed by atoms with Crippen LogP contribution < -0.4 is 0 Å². The van der Waals surface area contributed by atoms with Gasteiger partial charge in [0.2, 0.25) is 5.91 Å². The number of halogens is 1. The molecule has 3 aromatic rings. The molecular weight excluding hydrogens is 462 g/mol. The average molecular weight is 482 g/mol. The Morgan fingerprint density at radius 2 is 1.81 bits per heavy atom. The largest absolute Gasteiger partial charge is 0.440 e. The van der Waals surface area contributed by atoms with E-state index < -0.39 is 0 Å². The van der Waals surface area contributed by atoms with Gasteiger partial charge in [-0.2, -0.15) is 0 Å². The van der Waals surface area contributed by atoms with Gasteiger partial charge in [0, 0.05) is 36.4 Å². The van der Waals surface area contributed by atoms with Crippen LogP contribution in [0.15, 0.2) is 51.4 Å². The van der Waals surface area contributed by atoms with Gasteiger partial charge in [-0.3, -0.25) is 19.3 Å². The molecule has 0 atom stereocenters. The van der Waals surface area contributed by atoms with Crippen molar-refractivity contribution in [2.45, 2.75) is 25.2 Å². The molecule has 2 aromatic carbocycles. The van der Waals surface area contributed by atoms with E-state index in [1.54, 1.807) is 23.1 Å². The number of amides is 3. The molecule has 0 saturated carbocycles. The molecule has 5 rings (SSSR count). The monoisotopic (exact) mass is 481 g/mol. The van der Waals surface area contributed by atoms with E-state index >= 15 is 0 Å². The van der Waals surface area contributed by atoms with Crippen molar-refractivity contribution < 1.29 is 18.8 Å². The summed E-state index contributed by atoms with van der Waals surface area (Å²) in [5.41, 5.74) is 2.40. The Bertz CT molecular complexity index is 1160. The minimum atomic E-state index is -0.344. The first-order chi connectivity index (χ1) is 15.0. The number of para-hydroxylation sites is 2. The maximum atomic E-state index is 12.7. The summed E-state index contributed by atoms with van der Waals surface area (Å²) < 4.78 is 6.62. The Morgan fingerprint density at radius 1 is 1.06 bits per heavy atom. The van der Waals surface area contributed by atoms with Crippen molar-refractivity contribution in [3.05, 3.63) is 64.0 Å². The number of imide groups is 1. The van der Waals surface area contributed by atoms with Crippen LogP contribution in [0, 0.1) is 0 Å². The SMILES string of the molecule is O=C(CCN1C(=O)c2ccc(Br)cc2C1=O)N1CCC(c2nc3ccccc3o2)CC1. The number of hydrogen-bond acceptors (Lipinski definition) is 5. The number of likely N-dealkylation sites (tertiary alicyclic amines) is 1. The van der Waals surface area contributed by atoms with Crippen LogP contribution in [-0.4, -0.2) is 52.1 Å². The summed E-state index contributed by atoms with van der Waals surface area (Å²) in [6.07, 6.45) is 1.68. The van der Waals surface area contributed by atoms with Gasteiger partial charge in [0.1, 0.15) is 5.52 Å². The molecule has 0 aliphatic carbocycles. The zero-order chi connectivity index (χ0) is 21.5. The number of fused-ring (bicyclic) bond motifs is 2. The normalized spacial score (nSPS) is 16.9. The van der Waals surface area contributed by atoms with Crippen LogP contribution in [0.3, 0.4) is 0 Å². The molecule has 7 nitrogen and oxygen atoms in total. The summed E-state index contributed by atoms with van der Waals surface area (Å²) >= 11 is 3.32. The highest BCUT2D eigenvalue weighted by atomic mass is 79.9. The summed E-state index contributed by atoms with van der Waals surface area (Å²) in [7, 11) is 0. The summed E-state index contributed by atoms with van der Waals surface area (Å²) in [6.45, 7) is 1.31. The lowest BCUT2D eigenvalue weighted by molar-refractivity contribution is -0.132. The maximum absolute atomic E-state index is 12.7. The lowest BCUT2D eigenvalue weighted by Gasteiger charge is -2.31. The fraction of sp³-hybridized carbons (Fsp3) is 0.304. The van der Waals surface area contributed by atoms with E-state index in [-0.39, 0.29) is 36.6 Å². The van der Waals surface area contributed by atoms with Crippen LogP contribution >= 0.6 is 15.9 Å². The fourth-order valence-corrected chi connectivity index (χ4v) is 4.63. The molecule has 2 aliphatic rings. The third-order valence-corrected chi connectivity index (χ3v) is 6.48. The van der Waals surface area contributed by atoms with Crippen LogP contribution in [0.4, 0.5) is 0 Å². The van der Waals surface area contributed by atoms with Gasteiger partial charge in [0.05, 0.1) is 11.1 Å². The molecule has 0 spiro atoms. The molecule has 31 heavy (non-hydrogen) atoms. The molecule has 1 aromatic heterocycles. The molecule has 0 unspecified atom stereocenters. The summed E-state index contributed by atoms with van der Waals surface area (Å²) in [4.78, 5) is 45.4. The quantitative estimate of drug-likeness (QED) is 0.526.